The summed E-state index contributed by atoms with van der Waals surface area (Å²) in [6.07, 6.45) is 1.76. The first-order valence-corrected chi connectivity index (χ1v) is 6.21. The monoisotopic (exact) mass is 260 g/mol. The number of aromatic hydroxyl groups is 1. The molecule has 1 N–H and O–H groups in total. The van der Waals surface area contributed by atoms with E-state index in [1.54, 1.807) is 25.6 Å². The van der Waals surface area contributed by atoms with Gasteiger partial charge in [-0.25, -0.2) is 0 Å². The first-order valence-electron chi connectivity index (χ1n) is 6.21. The summed E-state index contributed by atoms with van der Waals surface area (Å²) in [4.78, 5) is 2.23. The van der Waals surface area contributed by atoms with Crippen molar-refractivity contribution in [3.63, 3.8) is 0 Å². The minimum absolute atomic E-state index is 0.299. The maximum absolute atomic E-state index is 9.90. The molecule has 1 aliphatic heterocycles. The van der Waals surface area contributed by atoms with Gasteiger partial charge in [-0.2, -0.15) is 0 Å². The average molecular weight is 260 g/mol. The average Bonchev–Trinajstić information content (AvgIpc) is 2.89. The second kappa shape index (κ2) is 4.89. The van der Waals surface area contributed by atoms with E-state index >= 15 is 0 Å². The molecule has 0 saturated heterocycles. The maximum Gasteiger partial charge on any atom is 0.147 e. The number of methoxy groups -OCH3 is 1. The zero-order valence-corrected chi connectivity index (χ0v) is 10.8. The molecule has 0 radical (unpaired) electrons. The number of fused-ring (bicyclic) bond motifs is 1. The van der Waals surface area contributed by atoms with Crippen molar-refractivity contribution >= 4 is 0 Å². The molecule has 0 atom stereocenters. The minimum Gasteiger partial charge on any atom is -0.508 e. The number of benzene rings is 1. The third-order valence-corrected chi connectivity index (χ3v) is 3.40. The molecule has 1 aromatic carbocycles. The Morgan fingerprint density at radius 1 is 1.37 bits per heavy atom. The Kier molecular flexibility index (Phi) is 3.08. The van der Waals surface area contributed by atoms with Crippen molar-refractivity contribution in [3.8, 4) is 11.5 Å². The Labute approximate surface area is 111 Å². The summed E-state index contributed by atoms with van der Waals surface area (Å²) in [5.41, 5.74) is 0.868. The van der Waals surface area contributed by atoms with Crippen molar-refractivity contribution in [1.29, 1.82) is 0 Å². The van der Waals surface area contributed by atoms with Gasteiger partial charge in [-0.3, -0.25) is 4.90 Å². The van der Waals surface area contributed by atoms with Gasteiger partial charge in [-0.15, -0.1) is 10.2 Å². The standard InChI is InChI=1S/C13H16N4O2/c1-19-11-2-3-12(18)10(6-11)7-16-4-5-17-9-14-15-13(17)8-16/h2-3,6,9,18H,4-5,7-8H2,1H3. The van der Waals surface area contributed by atoms with Gasteiger partial charge in [-0.05, 0) is 18.2 Å². The van der Waals surface area contributed by atoms with Gasteiger partial charge in [0.1, 0.15) is 23.7 Å². The molecule has 6 nitrogen and oxygen atoms in total. The quantitative estimate of drug-likeness (QED) is 0.892. The van der Waals surface area contributed by atoms with Crippen LogP contribution >= 0.6 is 0 Å². The molecule has 0 spiro atoms. The number of ether oxygens (including phenoxy) is 1. The zero-order chi connectivity index (χ0) is 13.2. The Bertz CT molecular complexity index is 582. The first-order chi connectivity index (χ1) is 9.26. The van der Waals surface area contributed by atoms with Crippen LogP contribution < -0.4 is 4.74 Å². The van der Waals surface area contributed by atoms with Crippen LogP contribution in [0, 0.1) is 0 Å². The molecule has 2 heterocycles. The Balaban J connectivity index is 1.76. The van der Waals surface area contributed by atoms with Gasteiger partial charge in [0.15, 0.2) is 0 Å². The minimum atomic E-state index is 0.299. The molecule has 0 aliphatic carbocycles. The highest BCUT2D eigenvalue weighted by atomic mass is 16.5. The van der Waals surface area contributed by atoms with Gasteiger partial charge < -0.3 is 14.4 Å². The van der Waals surface area contributed by atoms with Gasteiger partial charge in [0.05, 0.1) is 13.7 Å². The fourth-order valence-corrected chi connectivity index (χ4v) is 2.31. The van der Waals surface area contributed by atoms with Crippen molar-refractivity contribution in [3.05, 3.63) is 35.9 Å². The molecule has 1 aromatic heterocycles. The number of nitrogens with zero attached hydrogens (tertiary/aromatic N) is 4. The molecular formula is C13H16N4O2. The second-order valence-corrected chi connectivity index (χ2v) is 4.65. The van der Waals surface area contributed by atoms with E-state index in [1.807, 2.05) is 6.07 Å². The number of rotatable bonds is 3. The van der Waals surface area contributed by atoms with Crippen LogP contribution in [0.5, 0.6) is 11.5 Å². The van der Waals surface area contributed by atoms with Crippen LogP contribution in [0.15, 0.2) is 24.5 Å². The molecular weight excluding hydrogens is 244 g/mol. The summed E-state index contributed by atoms with van der Waals surface area (Å²) in [5, 5.41) is 17.9. The van der Waals surface area contributed by atoms with E-state index in [1.165, 1.54) is 0 Å². The van der Waals surface area contributed by atoms with E-state index < -0.39 is 0 Å². The smallest absolute Gasteiger partial charge is 0.147 e. The normalized spacial score (nSPS) is 15.2. The number of phenolic OH excluding ortho intramolecular Hbond substituents is 1. The van der Waals surface area contributed by atoms with Gasteiger partial charge >= 0.3 is 0 Å². The van der Waals surface area contributed by atoms with Gasteiger partial charge in [0.2, 0.25) is 0 Å². The van der Waals surface area contributed by atoms with E-state index in [-0.39, 0.29) is 0 Å². The lowest BCUT2D eigenvalue weighted by molar-refractivity contribution is 0.206. The number of phenols is 1. The fourth-order valence-electron chi connectivity index (χ4n) is 2.31. The fraction of sp³-hybridized carbons (Fsp3) is 0.385. The van der Waals surface area contributed by atoms with Gasteiger partial charge in [0.25, 0.3) is 0 Å². The summed E-state index contributed by atoms with van der Waals surface area (Å²) in [5.74, 6) is 2.02. The molecule has 6 heteroatoms. The van der Waals surface area contributed by atoms with Crippen molar-refractivity contribution in [1.82, 2.24) is 19.7 Å². The van der Waals surface area contributed by atoms with E-state index in [2.05, 4.69) is 19.7 Å². The van der Waals surface area contributed by atoms with Crippen molar-refractivity contribution in [2.45, 2.75) is 19.6 Å². The van der Waals surface area contributed by atoms with Crippen LogP contribution in [0.2, 0.25) is 0 Å². The second-order valence-electron chi connectivity index (χ2n) is 4.65. The largest absolute Gasteiger partial charge is 0.508 e. The predicted octanol–water partition coefficient (Wildman–Crippen LogP) is 1.01. The molecule has 3 rings (SSSR count). The zero-order valence-electron chi connectivity index (χ0n) is 10.8. The topological polar surface area (TPSA) is 63.4 Å². The summed E-state index contributed by atoms with van der Waals surface area (Å²) in [6.45, 7) is 3.22. The molecule has 0 amide bonds. The van der Waals surface area contributed by atoms with E-state index in [9.17, 15) is 5.11 Å². The lowest BCUT2D eigenvalue weighted by Crippen LogP contribution is -2.33. The summed E-state index contributed by atoms with van der Waals surface area (Å²) in [7, 11) is 1.62. The van der Waals surface area contributed by atoms with Gasteiger partial charge in [-0.1, -0.05) is 0 Å². The van der Waals surface area contributed by atoms with Crippen LogP contribution in [0.3, 0.4) is 0 Å². The van der Waals surface area contributed by atoms with E-state index in [0.717, 1.165) is 36.8 Å². The van der Waals surface area contributed by atoms with Gasteiger partial charge in [0, 0.05) is 25.2 Å². The van der Waals surface area contributed by atoms with Crippen LogP contribution in [0.1, 0.15) is 11.4 Å². The molecule has 100 valence electrons. The van der Waals surface area contributed by atoms with E-state index in [4.69, 9.17) is 4.74 Å². The molecule has 19 heavy (non-hydrogen) atoms. The molecule has 0 bridgehead atoms. The highest BCUT2D eigenvalue weighted by molar-refractivity contribution is 5.39. The third-order valence-electron chi connectivity index (χ3n) is 3.40. The molecule has 0 unspecified atom stereocenters. The lowest BCUT2D eigenvalue weighted by Gasteiger charge is -2.27. The first kappa shape index (κ1) is 12.0. The number of hydrogen-bond donors (Lipinski definition) is 1. The molecule has 0 fully saturated rings. The van der Waals surface area contributed by atoms with Crippen LogP contribution in [0.25, 0.3) is 0 Å². The van der Waals surface area contributed by atoms with Crippen molar-refractivity contribution in [2.24, 2.45) is 0 Å². The van der Waals surface area contributed by atoms with Crippen LogP contribution in [-0.4, -0.2) is 38.4 Å². The van der Waals surface area contributed by atoms with E-state index in [0.29, 0.717) is 12.3 Å². The highest BCUT2D eigenvalue weighted by Gasteiger charge is 2.18. The Hall–Kier alpha value is -2.08. The van der Waals surface area contributed by atoms with Crippen molar-refractivity contribution < 1.29 is 9.84 Å². The molecule has 1 aliphatic rings. The number of aromatic nitrogens is 3. The van der Waals surface area contributed by atoms with Crippen LogP contribution in [-0.2, 0) is 19.6 Å². The third kappa shape index (κ3) is 2.39. The Morgan fingerprint density at radius 2 is 2.26 bits per heavy atom. The molecule has 0 saturated carbocycles. The predicted molar refractivity (Wildman–Crippen MR) is 68.8 cm³/mol. The maximum atomic E-state index is 9.90. The van der Waals surface area contributed by atoms with Crippen molar-refractivity contribution in [2.75, 3.05) is 13.7 Å². The lowest BCUT2D eigenvalue weighted by atomic mass is 10.1. The number of hydrogen-bond acceptors (Lipinski definition) is 5. The SMILES string of the molecule is COc1ccc(O)c(CN2CCn3cnnc3C2)c1. The molecule has 2 aromatic rings. The highest BCUT2D eigenvalue weighted by Crippen LogP contribution is 2.25. The summed E-state index contributed by atoms with van der Waals surface area (Å²) in [6, 6.07) is 5.29. The summed E-state index contributed by atoms with van der Waals surface area (Å²) >= 11 is 0. The van der Waals surface area contributed by atoms with Crippen LogP contribution in [0.4, 0.5) is 0 Å². The summed E-state index contributed by atoms with van der Waals surface area (Å²) < 4.78 is 7.24. The Morgan fingerprint density at radius 3 is 3.11 bits per heavy atom.